The summed E-state index contributed by atoms with van der Waals surface area (Å²) in [5.74, 6) is 0. The van der Waals surface area contributed by atoms with Crippen LogP contribution in [-0.2, 0) is 10.3 Å². The van der Waals surface area contributed by atoms with Crippen LogP contribution in [0.4, 0.5) is 5.69 Å². The van der Waals surface area contributed by atoms with Gasteiger partial charge >= 0.3 is 0 Å². The lowest BCUT2D eigenvalue weighted by Gasteiger charge is -2.50. The second-order valence-corrected chi connectivity index (χ2v) is 7.49. The van der Waals surface area contributed by atoms with Gasteiger partial charge in [0.05, 0.1) is 18.8 Å². The molecule has 4 rings (SSSR count). The summed E-state index contributed by atoms with van der Waals surface area (Å²) in [4.78, 5) is 4.86. The van der Waals surface area contributed by atoms with Crippen molar-refractivity contribution in [2.24, 2.45) is 0 Å². The molecule has 0 radical (unpaired) electrons. The van der Waals surface area contributed by atoms with Crippen molar-refractivity contribution in [3.8, 4) is 0 Å². The maximum Gasteiger partial charge on any atom is 0.0926 e. The molecule has 2 bridgehead atoms. The van der Waals surface area contributed by atoms with Gasteiger partial charge in [0.25, 0.3) is 0 Å². The van der Waals surface area contributed by atoms with Gasteiger partial charge in [-0.15, -0.1) is 0 Å². The van der Waals surface area contributed by atoms with E-state index in [0.29, 0.717) is 12.1 Å². The average Bonchev–Trinajstić information content (AvgIpc) is 2.57. The summed E-state index contributed by atoms with van der Waals surface area (Å²) in [6.07, 6.45) is 5.50. The fourth-order valence-electron chi connectivity index (χ4n) is 4.69. The molecule has 1 aromatic rings. The van der Waals surface area contributed by atoms with Crippen LogP contribution in [0.5, 0.6) is 0 Å². The van der Waals surface area contributed by atoms with Crippen LogP contribution in [0.2, 0.25) is 0 Å². The molecular formula is C19H28N2O2. The first-order valence-corrected chi connectivity index (χ1v) is 9.03. The van der Waals surface area contributed by atoms with E-state index in [4.69, 9.17) is 4.74 Å². The minimum absolute atomic E-state index is 0.534. The van der Waals surface area contributed by atoms with Gasteiger partial charge in [-0.05, 0) is 50.4 Å². The van der Waals surface area contributed by atoms with E-state index < -0.39 is 5.60 Å². The highest BCUT2D eigenvalue weighted by Crippen LogP contribution is 2.43. The summed E-state index contributed by atoms with van der Waals surface area (Å²) in [6, 6.07) is 9.70. The summed E-state index contributed by atoms with van der Waals surface area (Å²) in [7, 11) is 2.23. The van der Waals surface area contributed by atoms with Crippen LogP contribution >= 0.6 is 0 Å². The van der Waals surface area contributed by atoms with Crippen molar-refractivity contribution in [1.82, 2.24) is 4.90 Å². The van der Waals surface area contributed by atoms with Crippen molar-refractivity contribution in [2.75, 3.05) is 38.3 Å². The molecule has 4 nitrogen and oxygen atoms in total. The van der Waals surface area contributed by atoms with Crippen LogP contribution in [0.25, 0.3) is 0 Å². The number of piperidine rings is 2. The van der Waals surface area contributed by atoms with Crippen molar-refractivity contribution < 1.29 is 9.84 Å². The highest BCUT2D eigenvalue weighted by molar-refractivity contribution is 5.49. The van der Waals surface area contributed by atoms with Gasteiger partial charge in [0.1, 0.15) is 0 Å². The zero-order valence-corrected chi connectivity index (χ0v) is 14.1. The molecule has 3 heterocycles. The van der Waals surface area contributed by atoms with Gasteiger partial charge in [0, 0.05) is 30.9 Å². The molecule has 126 valence electrons. The lowest BCUT2D eigenvalue weighted by atomic mass is 9.73. The summed E-state index contributed by atoms with van der Waals surface area (Å²) in [5, 5.41) is 11.3. The van der Waals surface area contributed by atoms with Crippen LogP contribution < -0.4 is 4.90 Å². The van der Waals surface area contributed by atoms with Crippen LogP contribution in [-0.4, -0.2) is 55.4 Å². The number of hydrogen-bond acceptors (Lipinski definition) is 4. The van der Waals surface area contributed by atoms with Gasteiger partial charge in [-0.2, -0.15) is 0 Å². The molecular weight excluding hydrogens is 288 g/mol. The van der Waals surface area contributed by atoms with Crippen LogP contribution in [0.3, 0.4) is 0 Å². The maximum atomic E-state index is 11.3. The van der Waals surface area contributed by atoms with E-state index in [1.165, 1.54) is 24.9 Å². The highest BCUT2D eigenvalue weighted by Gasteiger charge is 2.44. The predicted molar refractivity (Wildman–Crippen MR) is 91.8 cm³/mol. The fourth-order valence-corrected chi connectivity index (χ4v) is 4.69. The molecule has 2 atom stereocenters. The van der Waals surface area contributed by atoms with Gasteiger partial charge in [-0.25, -0.2) is 0 Å². The number of fused-ring (bicyclic) bond motifs is 2. The van der Waals surface area contributed by atoms with E-state index in [1.54, 1.807) is 0 Å². The van der Waals surface area contributed by atoms with E-state index in [2.05, 4.69) is 41.1 Å². The largest absolute Gasteiger partial charge is 0.385 e. The first kappa shape index (κ1) is 15.4. The molecule has 3 saturated heterocycles. The van der Waals surface area contributed by atoms with Gasteiger partial charge in [-0.1, -0.05) is 18.6 Å². The smallest absolute Gasteiger partial charge is 0.0926 e. The Morgan fingerprint density at radius 2 is 1.65 bits per heavy atom. The van der Waals surface area contributed by atoms with E-state index >= 15 is 0 Å². The third-order valence-electron chi connectivity index (χ3n) is 6.15. The van der Waals surface area contributed by atoms with Crippen molar-refractivity contribution in [1.29, 1.82) is 0 Å². The maximum absolute atomic E-state index is 11.3. The third-order valence-corrected chi connectivity index (χ3v) is 6.15. The zero-order valence-electron chi connectivity index (χ0n) is 14.1. The minimum Gasteiger partial charge on any atom is -0.385 e. The number of hydrogen-bond donors (Lipinski definition) is 1. The Kier molecular flexibility index (Phi) is 4.08. The summed E-state index contributed by atoms with van der Waals surface area (Å²) in [6.45, 7) is 3.53. The Morgan fingerprint density at radius 1 is 1.04 bits per heavy atom. The first-order valence-electron chi connectivity index (χ1n) is 9.03. The number of benzene rings is 1. The average molecular weight is 316 g/mol. The van der Waals surface area contributed by atoms with Crippen LogP contribution in [0.15, 0.2) is 24.3 Å². The standard InChI is InChI=1S/C19H28N2O2/c1-20-17-3-2-4-18(20)14-19(22,13-17)15-5-7-16(8-6-15)21-9-11-23-12-10-21/h5-8,17-18,22H,2-4,9-14H2,1H3. The molecule has 3 aliphatic heterocycles. The molecule has 1 N–H and O–H groups in total. The molecule has 0 saturated carbocycles. The van der Waals surface area contributed by atoms with Crippen molar-refractivity contribution in [3.05, 3.63) is 29.8 Å². The fraction of sp³-hybridized carbons (Fsp3) is 0.684. The van der Waals surface area contributed by atoms with Gasteiger partial charge < -0.3 is 19.6 Å². The monoisotopic (exact) mass is 316 g/mol. The molecule has 3 fully saturated rings. The normalized spacial score (nSPS) is 35.3. The molecule has 0 aromatic heterocycles. The van der Waals surface area contributed by atoms with E-state index in [0.717, 1.165) is 44.7 Å². The van der Waals surface area contributed by atoms with Gasteiger partial charge in [0.15, 0.2) is 0 Å². The van der Waals surface area contributed by atoms with Crippen LogP contribution in [0, 0.1) is 0 Å². The number of rotatable bonds is 2. The highest BCUT2D eigenvalue weighted by atomic mass is 16.5. The molecule has 1 aromatic carbocycles. The van der Waals surface area contributed by atoms with E-state index in [-0.39, 0.29) is 0 Å². The zero-order chi connectivity index (χ0) is 15.9. The number of nitrogens with zero attached hydrogens (tertiary/aromatic N) is 2. The molecule has 0 amide bonds. The van der Waals surface area contributed by atoms with Crippen molar-refractivity contribution in [3.63, 3.8) is 0 Å². The topological polar surface area (TPSA) is 35.9 Å². The quantitative estimate of drug-likeness (QED) is 0.909. The predicted octanol–water partition coefficient (Wildman–Crippen LogP) is 2.36. The van der Waals surface area contributed by atoms with E-state index in [1.807, 2.05) is 0 Å². The lowest BCUT2D eigenvalue weighted by Crippen LogP contribution is -2.55. The number of aliphatic hydroxyl groups is 1. The Bertz CT molecular complexity index is 525. The SMILES string of the molecule is CN1C2CCCC1CC(O)(c1ccc(N3CCOCC3)cc1)C2. The number of ether oxygens (including phenoxy) is 1. The summed E-state index contributed by atoms with van der Waals surface area (Å²) < 4.78 is 5.42. The van der Waals surface area contributed by atoms with E-state index in [9.17, 15) is 5.11 Å². The summed E-state index contributed by atoms with van der Waals surface area (Å²) in [5.41, 5.74) is 1.69. The third kappa shape index (κ3) is 2.88. The Balaban J connectivity index is 1.53. The summed E-state index contributed by atoms with van der Waals surface area (Å²) >= 11 is 0. The molecule has 2 unspecified atom stereocenters. The Morgan fingerprint density at radius 3 is 2.26 bits per heavy atom. The van der Waals surface area contributed by atoms with Gasteiger partial charge in [0.2, 0.25) is 0 Å². The molecule has 0 spiro atoms. The van der Waals surface area contributed by atoms with Crippen molar-refractivity contribution in [2.45, 2.75) is 49.8 Å². The second kappa shape index (κ2) is 6.08. The second-order valence-electron chi connectivity index (χ2n) is 7.49. The molecule has 0 aliphatic carbocycles. The van der Waals surface area contributed by atoms with Crippen LogP contribution in [0.1, 0.15) is 37.7 Å². The van der Waals surface area contributed by atoms with Gasteiger partial charge in [-0.3, -0.25) is 0 Å². The Hall–Kier alpha value is -1.10. The minimum atomic E-state index is -0.647. The first-order chi connectivity index (χ1) is 11.2. The number of anilines is 1. The molecule has 4 heteroatoms. The molecule has 23 heavy (non-hydrogen) atoms. The number of morpholine rings is 1. The van der Waals surface area contributed by atoms with Crippen molar-refractivity contribution >= 4 is 5.69 Å². The Labute approximate surface area is 139 Å². The lowest BCUT2D eigenvalue weighted by molar-refractivity contribution is -0.0874. The molecule has 3 aliphatic rings.